The molecule has 1 N–H and O–H groups in total. The van der Waals surface area contributed by atoms with E-state index in [9.17, 15) is 4.79 Å². The third-order valence-corrected chi connectivity index (χ3v) is 6.32. The molecule has 0 aliphatic carbocycles. The van der Waals surface area contributed by atoms with Crippen LogP contribution in [0, 0.1) is 0 Å². The maximum atomic E-state index is 12.5. The zero-order chi connectivity index (χ0) is 17.8. The predicted octanol–water partition coefficient (Wildman–Crippen LogP) is 4.13. The number of hydrogen-bond acceptors (Lipinski definition) is 4. The maximum absolute atomic E-state index is 12.5. The zero-order valence-electron chi connectivity index (χ0n) is 15.1. The maximum Gasteiger partial charge on any atom is 0.261 e. The van der Waals surface area contributed by atoms with Crippen LogP contribution in [-0.2, 0) is 17.8 Å². The molecule has 26 heavy (non-hydrogen) atoms. The van der Waals surface area contributed by atoms with Crippen molar-refractivity contribution in [1.29, 1.82) is 0 Å². The third kappa shape index (κ3) is 4.34. The van der Waals surface area contributed by atoms with Gasteiger partial charge in [-0.25, -0.2) is 0 Å². The van der Waals surface area contributed by atoms with E-state index in [1.807, 2.05) is 12.1 Å². The van der Waals surface area contributed by atoms with E-state index in [0.29, 0.717) is 6.54 Å². The molecule has 0 unspecified atom stereocenters. The van der Waals surface area contributed by atoms with Crippen molar-refractivity contribution in [1.82, 2.24) is 10.2 Å². The molecular formula is C21H26N2O2S. The first-order chi connectivity index (χ1) is 12.8. The first-order valence-corrected chi connectivity index (χ1v) is 10.4. The molecule has 1 aromatic carbocycles. The summed E-state index contributed by atoms with van der Waals surface area (Å²) in [5, 5.41) is 3.06. The Balaban J connectivity index is 1.32. The number of carbonyl (C=O) groups excluding carboxylic acids is 1. The van der Waals surface area contributed by atoms with Crippen molar-refractivity contribution in [2.24, 2.45) is 0 Å². The van der Waals surface area contributed by atoms with Crippen LogP contribution in [0.25, 0.3) is 0 Å². The number of hydrogen-bond donors (Lipinski definition) is 1. The monoisotopic (exact) mass is 370 g/mol. The molecule has 0 spiro atoms. The predicted molar refractivity (Wildman–Crippen MR) is 104 cm³/mol. The van der Waals surface area contributed by atoms with Gasteiger partial charge in [-0.2, -0.15) is 0 Å². The minimum absolute atomic E-state index is 0.00388. The van der Waals surface area contributed by atoms with Gasteiger partial charge < -0.3 is 10.1 Å². The van der Waals surface area contributed by atoms with Gasteiger partial charge in [0, 0.05) is 24.6 Å². The average Bonchev–Trinajstić information content (AvgIpc) is 3.41. The molecular weight excluding hydrogens is 344 g/mol. The number of rotatable bonds is 6. The minimum Gasteiger partial charge on any atom is -0.373 e. The number of nitrogens with one attached hydrogen (secondary N) is 1. The highest BCUT2D eigenvalue weighted by atomic mass is 32.1. The standard InChI is InChI=1S/C21H26N2O2S/c24-21(20-9-8-19(26-20)18-7-4-12-25-18)22-14-16-5-3-6-17(13-16)15-23-10-1-2-11-23/h3,5-6,8-9,13,18H,1-2,4,7,10-12,14-15H2,(H,22,24)/t18-/m0/s1. The second-order valence-electron chi connectivity index (χ2n) is 7.19. The van der Waals surface area contributed by atoms with E-state index in [4.69, 9.17) is 4.74 Å². The van der Waals surface area contributed by atoms with Gasteiger partial charge in [0.2, 0.25) is 0 Å². The van der Waals surface area contributed by atoms with Crippen LogP contribution >= 0.6 is 11.3 Å². The lowest BCUT2D eigenvalue weighted by Gasteiger charge is -2.15. The van der Waals surface area contributed by atoms with Crippen LogP contribution in [0.2, 0.25) is 0 Å². The molecule has 1 aromatic heterocycles. The van der Waals surface area contributed by atoms with E-state index in [2.05, 4.69) is 34.5 Å². The SMILES string of the molecule is O=C(NCc1cccc(CN2CCCC2)c1)c1ccc([C@@H]2CCCO2)s1. The Kier molecular flexibility index (Phi) is 5.68. The van der Waals surface area contributed by atoms with E-state index in [-0.39, 0.29) is 12.0 Å². The Morgan fingerprint density at radius 3 is 2.81 bits per heavy atom. The lowest BCUT2D eigenvalue weighted by Crippen LogP contribution is -2.22. The van der Waals surface area contributed by atoms with Gasteiger partial charge in [-0.05, 0) is 62.0 Å². The van der Waals surface area contributed by atoms with Crippen molar-refractivity contribution in [3.63, 3.8) is 0 Å². The third-order valence-electron chi connectivity index (χ3n) is 5.15. The van der Waals surface area contributed by atoms with Crippen LogP contribution in [0.3, 0.4) is 0 Å². The number of nitrogens with zero attached hydrogens (tertiary/aromatic N) is 1. The second kappa shape index (κ2) is 8.33. The molecule has 2 saturated heterocycles. The summed E-state index contributed by atoms with van der Waals surface area (Å²) in [6.45, 7) is 4.81. The summed E-state index contributed by atoms with van der Waals surface area (Å²) >= 11 is 1.55. The highest BCUT2D eigenvalue weighted by molar-refractivity contribution is 7.14. The topological polar surface area (TPSA) is 41.6 Å². The van der Waals surface area contributed by atoms with Crippen LogP contribution in [0.4, 0.5) is 0 Å². The normalized spacial score (nSPS) is 20.5. The van der Waals surface area contributed by atoms with Crippen LogP contribution in [0.15, 0.2) is 36.4 Å². The van der Waals surface area contributed by atoms with Gasteiger partial charge >= 0.3 is 0 Å². The van der Waals surface area contributed by atoms with E-state index >= 15 is 0 Å². The number of benzene rings is 1. The first-order valence-electron chi connectivity index (χ1n) is 9.58. The van der Waals surface area contributed by atoms with Crippen LogP contribution in [0.1, 0.15) is 57.5 Å². The fraction of sp³-hybridized carbons (Fsp3) is 0.476. The molecule has 1 atom stereocenters. The lowest BCUT2D eigenvalue weighted by molar-refractivity contribution is 0.0955. The Bertz CT molecular complexity index is 746. The summed E-state index contributed by atoms with van der Waals surface area (Å²) in [7, 11) is 0. The Hall–Kier alpha value is -1.69. The molecule has 138 valence electrons. The van der Waals surface area contributed by atoms with Gasteiger partial charge in [0.05, 0.1) is 11.0 Å². The van der Waals surface area contributed by atoms with E-state index in [1.165, 1.54) is 36.4 Å². The molecule has 5 heteroatoms. The van der Waals surface area contributed by atoms with Gasteiger partial charge in [0.15, 0.2) is 0 Å². The smallest absolute Gasteiger partial charge is 0.261 e. The summed E-state index contributed by atoms with van der Waals surface area (Å²) < 4.78 is 5.70. The van der Waals surface area contributed by atoms with Gasteiger partial charge in [0.1, 0.15) is 0 Å². The minimum atomic E-state index is 0.00388. The van der Waals surface area contributed by atoms with Crippen molar-refractivity contribution in [2.45, 2.75) is 44.9 Å². The van der Waals surface area contributed by atoms with Gasteiger partial charge in [0.25, 0.3) is 5.91 Å². The summed E-state index contributed by atoms with van der Waals surface area (Å²) in [5.74, 6) is 0.00388. The number of amides is 1. The highest BCUT2D eigenvalue weighted by Crippen LogP contribution is 2.33. The summed E-state index contributed by atoms with van der Waals surface area (Å²) in [5.41, 5.74) is 2.49. The quantitative estimate of drug-likeness (QED) is 0.831. The molecule has 2 aliphatic rings. The molecule has 4 nitrogen and oxygen atoms in total. The van der Waals surface area contributed by atoms with Gasteiger partial charge in [-0.15, -0.1) is 11.3 Å². The van der Waals surface area contributed by atoms with Crippen molar-refractivity contribution >= 4 is 17.2 Å². The van der Waals surface area contributed by atoms with Crippen molar-refractivity contribution < 1.29 is 9.53 Å². The molecule has 4 rings (SSSR count). The number of likely N-dealkylation sites (tertiary alicyclic amines) is 1. The zero-order valence-corrected chi connectivity index (χ0v) is 15.9. The molecule has 3 heterocycles. The van der Waals surface area contributed by atoms with E-state index in [1.54, 1.807) is 11.3 Å². The number of carbonyl (C=O) groups is 1. The van der Waals surface area contributed by atoms with Gasteiger partial charge in [-0.1, -0.05) is 24.3 Å². The summed E-state index contributed by atoms with van der Waals surface area (Å²) in [6, 6.07) is 12.5. The van der Waals surface area contributed by atoms with Crippen LogP contribution in [-0.4, -0.2) is 30.5 Å². The summed E-state index contributed by atoms with van der Waals surface area (Å²) in [6.07, 6.45) is 4.97. The first kappa shape index (κ1) is 17.7. The van der Waals surface area contributed by atoms with Crippen molar-refractivity contribution in [3.8, 4) is 0 Å². The number of thiophene rings is 1. The van der Waals surface area contributed by atoms with Crippen molar-refractivity contribution in [2.75, 3.05) is 19.7 Å². The lowest BCUT2D eigenvalue weighted by atomic mass is 10.1. The van der Waals surface area contributed by atoms with E-state index in [0.717, 1.165) is 36.4 Å². The Morgan fingerprint density at radius 1 is 1.15 bits per heavy atom. The highest BCUT2D eigenvalue weighted by Gasteiger charge is 2.20. The molecule has 2 fully saturated rings. The molecule has 0 saturated carbocycles. The molecule has 2 aromatic rings. The molecule has 2 aliphatic heterocycles. The van der Waals surface area contributed by atoms with Crippen molar-refractivity contribution in [3.05, 3.63) is 57.3 Å². The van der Waals surface area contributed by atoms with Gasteiger partial charge in [-0.3, -0.25) is 9.69 Å². The number of ether oxygens (including phenoxy) is 1. The largest absolute Gasteiger partial charge is 0.373 e. The molecule has 0 bridgehead atoms. The van der Waals surface area contributed by atoms with E-state index < -0.39 is 0 Å². The van der Waals surface area contributed by atoms with Crippen LogP contribution < -0.4 is 5.32 Å². The Morgan fingerprint density at radius 2 is 2.00 bits per heavy atom. The second-order valence-corrected chi connectivity index (χ2v) is 8.30. The summed E-state index contributed by atoms with van der Waals surface area (Å²) in [4.78, 5) is 16.9. The van der Waals surface area contributed by atoms with Crippen LogP contribution in [0.5, 0.6) is 0 Å². The fourth-order valence-electron chi connectivity index (χ4n) is 3.76. The molecule has 0 radical (unpaired) electrons. The Labute approximate surface area is 159 Å². The molecule has 1 amide bonds. The average molecular weight is 371 g/mol. The fourth-order valence-corrected chi connectivity index (χ4v) is 4.76.